The van der Waals surface area contributed by atoms with Crippen LogP contribution in [0.4, 0.5) is 0 Å². The molecule has 2 aliphatic rings. The molecule has 0 unspecified atom stereocenters. The fourth-order valence-electron chi connectivity index (χ4n) is 2.08. The SMILES string of the molecule is COCC1=CCN(CC2CNC2)CC1. The Balaban J connectivity index is 1.71. The van der Waals surface area contributed by atoms with E-state index in [-0.39, 0.29) is 0 Å². The Bertz CT molecular complexity index is 211. The van der Waals surface area contributed by atoms with Gasteiger partial charge < -0.3 is 10.1 Å². The van der Waals surface area contributed by atoms with Crippen LogP contribution in [0.25, 0.3) is 0 Å². The molecule has 80 valence electrons. The van der Waals surface area contributed by atoms with Gasteiger partial charge in [0.25, 0.3) is 0 Å². The normalized spacial score (nSPS) is 24.5. The first-order valence-corrected chi connectivity index (χ1v) is 5.48. The van der Waals surface area contributed by atoms with Crippen molar-refractivity contribution >= 4 is 0 Å². The summed E-state index contributed by atoms with van der Waals surface area (Å²) in [5, 5.41) is 3.32. The van der Waals surface area contributed by atoms with E-state index in [0.717, 1.165) is 19.1 Å². The largest absolute Gasteiger partial charge is 0.380 e. The summed E-state index contributed by atoms with van der Waals surface area (Å²) in [6.45, 7) is 6.85. The highest BCUT2D eigenvalue weighted by Crippen LogP contribution is 2.13. The molecule has 1 N–H and O–H groups in total. The fourth-order valence-corrected chi connectivity index (χ4v) is 2.08. The average molecular weight is 196 g/mol. The van der Waals surface area contributed by atoms with E-state index in [1.165, 1.54) is 38.2 Å². The van der Waals surface area contributed by atoms with Crippen LogP contribution in [0.3, 0.4) is 0 Å². The summed E-state index contributed by atoms with van der Waals surface area (Å²) in [5.41, 5.74) is 1.47. The summed E-state index contributed by atoms with van der Waals surface area (Å²) in [6, 6.07) is 0. The molecule has 2 aliphatic heterocycles. The highest BCUT2D eigenvalue weighted by molar-refractivity contribution is 5.07. The molecule has 0 amide bonds. The molecular formula is C11H20N2O. The first-order chi connectivity index (χ1) is 6.88. The Morgan fingerprint density at radius 3 is 2.93 bits per heavy atom. The molecule has 0 spiro atoms. The minimum atomic E-state index is 0.818. The van der Waals surface area contributed by atoms with E-state index in [1.54, 1.807) is 7.11 Å². The lowest BCUT2D eigenvalue weighted by molar-refractivity contribution is 0.187. The van der Waals surface area contributed by atoms with Crippen molar-refractivity contribution in [2.75, 3.05) is 46.4 Å². The van der Waals surface area contributed by atoms with E-state index in [9.17, 15) is 0 Å². The lowest BCUT2D eigenvalue weighted by Crippen LogP contribution is -2.49. The van der Waals surface area contributed by atoms with Crippen molar-refractivity contribution in [1.82, 2.24) is 10.2 Å². The second-order valence-electron chi connectivity index (χ2n) is 4.33. The van der Waals surface area contributed by atoms with Gasteiger partial charge in [-0.2, -0.15) is 0 Å². The second-order valence-corrected chi connectivity index (χ2v) is 4.33. The summed E-state index contributed by atoms with van der Waals surface area (Å²) in [7, 11) is 1.77. The van der Waals surface area contributed by atoms with Crippen molar-refractivity contribution < 1.29 is 4.74 Å². The summed E-state index contributed by atoms with van der Waals surface area (Å²) in [6.07, 6.45) is 3.52. The minimum Gasteiger partial charge on any atom is -0.380 e. The van der Waals surface area contributed by atoms with Gasteiger partial charge in [-0.3, -0.25) is 4.90 Å². The van der Waals surface area contributed by atoms with Crippen molar-refractivity contribution in [3.8, 4) is 0 Å². The van der Waals surface area contributed by atoms with E-state index < -0.39 is 0 Å². The van der Waals surface area contributed by atoms with Crippen LogP contribution >= 0.6 is 0 Å². The Hall–Kier alpha value is -0.380. The Kier molecular flexibility index (Phi) is 3.56. The van der Waals surface area contributed by atoms with Gasteiger partial charge in [0, 0.05) is 39.8 Å². The molecule has 0 bridgehead atoms. The first kappa shape index (κ1) is 10.1. The highest BCUT2D eigenvalue weighted by Gasteiger charge is 2.21. The number of ether oxygens (including phenoxy) is 1. The van der Waals surface area contributed by atoms with Crippen molar-refractivity contribution in [3.63, 3.8) is 0 Å². The summed E-state index contributed by atoms with van der Waals surface area (Å²) in [5.74, 6) is 0.896. The van der Waals surface area contributed by atoms with Crippen molar-refractivity contribution in [3.05, 3.63) is 11.6 Å². The molecule has 1 fully saturated rings. The maximum absolute atomic E-state index is 5.13. The topological polar surface area (TPSA) is 24.5 Å². The zero-order valence-electron chi connectivity index (χ0n) is 8.96. The van der Waals surface area contributed by atoms with Crippen LogP contribution in [0, 0.1) is 5.92 Å². The van der Waals surface area contributed by atoms with Gasteiger partial charge in [0.2, 0.25) is 0 Å². The van der Waals surface area contributed by atoms with E-state index in [1.807, 2.05) is 0 Å². The van der Waals surface area contributed by atoms with Crippen molar-refractivity contribution in [2.24, 2.45) is 5.92 Å². The van der Waals surface area contributed by atoms with E-state index in [0.29, 0.717) is 0 Å². The molecule has 1 saturated heterocycles. The van der Waals surface area contributed by atoms with Gasteiger partial charge in [-0.05, 0) is 17.9 Å². The van der Waals surface area contributed by atoms with E-state index in [2.05, 4.69) is 16.3 Å². The van der Waals surface area contributed by atoms with Crippen LogP contribution in [-0.2, 0) is 4.74 Å². The van der Waals surface area contributed by atoms with Crippen LogP contribution in [0.15, 0.2) is 11.6 Å². The predicted molar refractivity (Wildman–Crippen MR) is 57.4 cm³/mol. The highest BCUT2D eigenvalue weighted by atomic mass is 16.5. The number of nitrogens with one attached hydrogen (secondary N) is 1. The smallest absolute Gasteiger partial charge is 0.0673 e. The molecule has 0 aromatic rings. The van der Waals surface area contributed by atoms with E-state index >= 15 is 0 Å². The summed E-state index contributed by atoms with van der Waals surface area (Å²) in [4.78, 5) is 2.55. The molecule has 3 heteroatoms. The second kappa shape index (κ2) is 4.91. The maximum atomic E-state index is 5.13. The third-order valence-corrected chi connectivity index (χ3v) is 3.10. The van der Waals surface area contributed by atoms with Gasteiger partial charge in [-0.25, -0.2) is 0 Å². The van der Waals surface area contributed by atoms with Crippen LogP contribution in [0.2, 0.25) is 0 Å². The summed E-state index contributed by atoms with van der Waals surface area (Å²) >= 11 is 0. The molecule has 2 heterocycles. The maximum Gasteiger partial charge on any atom is 0.0673 e. The quantitative estimate of drug-likeness (QED) is 0.662. The zero-order valence-corrected chi connectivity index (χ0v) is 8.96. The Morgan fingerprint density at radius 2 is 2.43 bits per heavy atom. The van der Waals surface area contributed by atoms with Gasteiger partial charge in [0.05, 0.1) is 6.61 Å². The molecule has 0 aliphatic carbocycles. The average Bonchev–Trinajstić information content (AvgIpc) is 2.14. The lowest BCUT2D eigenvalue weighted by Gasteiger charge is -2.34. The van der Waals surface area contributed by atoms with Crippen LogP contribution in [0.5, 0.6) is 0 Å². The zero-order chi connectivity index (χ0) is 9.80. The third kappa shape index (κ3) is 2.56. The number of hydrogen-bond acceptors (Lipinski definition) is 3. The van der Waals surface area contributed by atoms with E-state index in [4.69, 9.17) is 4.74 Å². The molecular weight excluding hydrogens is 176 g/mol. The first-order valence-electron chi connectivity index (χ1n) is 5.48. The number of methoxy groups -OCH3 is 1. The monoisotopic (exact) mass is 196 g/mol. The third-order valence-electron chi connectivity index (χ3n) is 3.10. The molecule has 0 atom stereocenters. The van der Waals surface area contributed by atoms with Gasteiger partial charge in [-0.15, -0.1) is 0 Å². The molecule has 2 rings (SSSR count). The lowest BCUT2D eigenvalue weighted by atomic mass is 10.0. The number of nitrogens with zero attached hydrogens (tertiary/aromatic N) is 1. The molecule has 0 radical (unpaired) electrons. The summed E-state index contributed by atoms with van der Waals surface area (Å²) < 4.78 is 5.13. The van der Waals surface area contributed by atoms with Crippen molar-refractivity contribution in [1.29, 1.82) is 0 Å². The van der Waals surface area contributed by atoms with Gasteiger partial charge in [0.15, 0.2) is 0 Å². The standard InChI is InChI=1S/C11H20N2O/c1-14-9-10-2-4-13(5-3-10)8-11-6-12-7-11/h2,11-12H,3-9H2,1H3. The molecule has 0 aromatic heterocycles. The van der Waals surface area contributed by atoms with Crippen LogP contribution in [-0.4, -0.2) is 51.3 Å². The number of rotatable bonds is 4. The minimum absolute atomic E-state index is 0.818. The molecule has 0 saturated carbocycles. The van der Waals surface area contributed by atoms with Crippen molar-refractivity contribution in [2.45, 2.75) is 6.42 Å². The molecule has 0 aromatic carbocycles. The van der Waals surface area contributed by atoms with Gasteiger partial charge in [-0.1, -0.05) is 6.08 Å². The molecule has 14 heavy (non-hydrogen) atoms. The van der Waals surface area contributed by atoms with Gasteiger partial charge in [0.1, 0.15) is 0 Å². The van der Waals surface area contributed by atoms with Crippen LogP contribution in [0.1, 0.15) is 6.42 Å². The predicted octanol–water partition coefficient (Wildman–Crippen LogP) is 0.484. The van der Waals surface area contributed by atoms with Gasteiger partial charge >= 0.3 is 0 Å². The molecule has 3 nitrogen and oxygen atoms in total. The fraction of sp³-hybridized carbons (Fsp3) is 0.818. The Labute approximate surface area is 86.1 Å². The number of hydrogen-bond donors (Lipinski definition) is 1. The Morgan fingerprint density at radius 1 is 1.57 bits per heavy atom. The van der Waals surface area contributed by atoms with Crippen LogP contribution < -0.4 is 5.32 Å².